The molecule has 0 bridgehead atoms. The van der Waals surface area contributed by atoms with Gasteiger partial charge in [0.05, 0.1) is 33.3 Å². The van der Waals surface area contributed by atoms with Crippen LogP contribution in [0.1, 0.15) is 22.2 Å². The zero-order chi connectivity index (χ0) is 21.6. The third-order valence-electron chi connectivity index (χ3n) is 4.62. The van der Waals surface area contributed by atoms with Gasteiger partial charge >= 0.3 is 0 Å². The lowest BCUT2D eigenvalue weighted by Gasteiger charge is -2.19. The number of nitrogens with zero attached hydrogens (tertiary/aromatic N) is 3. The Kier molecular flexibility index (Phi) is 6.02. The maximum Gasteiger partial charge on any atom is 0.289 e. The zero-order valence-electron chi connectivity index (χ0n) is 17.1. The second-order valence-corrected chi connectivity index (χ2v) is 6.65. The average Bonchev–Trinajstić information content (AvgIpc) is 3.58. The van der Waals surface area contributed by atoms with Gasteiger partial charge < -0.3 is 27.7 Å². The second kappa shape index (κ2) is 9.21. The highest BCUT2D eigenvalue weighted by Gasteiger charge is 2.21. The first kappa shape index (κ1) is 20.3. The van der Waals surface area contributed by atoms with Crippen LogP contribution in [0.5, 0.6) is 11.5 Å². The number of furan rings is 2. The van der Waals surface area contributed by atoms with Crippen LogP contribution in [0.4, 0.5) is 0 Å². The SMILES string of the molecule is COc1cc(OC)cc(-c2noc(CCN(Cc3ccco3)C(=O)c3ccco3)n2)c1. The van der Waals surface area contributed by atoms with Crippen molar-refractivity contribution in [2.45, 2.75) is 13.0 Å². The zero-order valence-corrected chi connectivity index (χ0v) is 17.1. The Hall–Kier alpha value is -4.01. The fraction of sp³-hybridized carbons (Fsp3) is 0.227. The Balaban J connectivity index is 1.49. The van der Waals surface area contributed by atoms with Gasteiger partial charge in [-0.05, 0) is 36.4 Å². The molecular formula is C22H21N3O6. The van der Waals surface area contributed by atoms with E-state index in [1.54, 1.807) is 61.8 Å². The Labute approximate surface area is 178 Å². The molecule has 0 N–H and O–H groups in total. The lowest BCUT2D eigenvalue weighted by atomic mass is 10.2. The number of hydrogen-bond donors (Lipinski definition) is 0. The quantitative estimate of drug-likeness (QED) is 0.400. The predicted molar refractivity (Wildman–Crippen MR) is 109 cm³/mol. The van der Waals surface area contributed by atoms with Crippen LogP contribution < -0.4 is 9.47 Å². The van der Waals surface area contributed by atoms with E-state index >= 15 is 0 Å². The van der Waals surface area contributed by atoms with E-state index in [0.717, 1.165) is 0 Å². The number of hydrogen-bond acceptors (Lipinski definition) is 8. The number of carbonyl (C=O) groups excluding carboxylic acids is 1. The van der Waals surface area contributed by atoms with E-state index in [0.29, 0.717) is 54.0 Å². The van der Waals surface area contributed by atoms with Crippen molar-refractivity contribution in [3.8, 4) is 22.9 Å². The second-order valence-electron chi connectivity index (χ2n) is 6.65. The molecule has 3 heterocycles. The van der Waals surface area contributed by atoms with Gasteiger partial charge in [0, 0.05) is 24.6 Å². The average molecular weight is 423 g/mol. The maximum absolute atomic E-state index is 12.8. The summed E-state index contributed by atoms with van der Waals surface area (Å²) in [6, 6.07) is 12.2. The molecule has 0 radical (unpaired) electrons. The molecule has 4 rings (SSSR count). The van der Waals surface area contributed by atoms with E-state index < -0.39 is 0 Å². The van der Waals surface area contributed by atoms with Gasteiger partial charge in [-0.15, -0.1) is 0 Å². The van der Waals surface area contributed by atoms with Crippen molar-refractivity contribution in [3.05, 3.63) is 72.4 Å². The molecule has 0 fully saturated rings. The normalized spacial score (nSPS) is 10.8. The first-order chi connectivity index (χ1) is 15.2. The smallest absolute Gasteiger partial charge is 0.289 e. The van der Waals surface area contributed by atoms with Crippen LogP contribution in [0.2, 0.25) is 0 Å². The number of ether oxygens (including phenoxy) is 2. The molecule has 0 aliphatic rings. The number of aromatic nitrogens is 2. The number of rotatable bonds is 9. The third-order valence-corrected chi connectivity index (χ3v) is 4.62. The Morgan fingerprint density at radius 1 is 1.03 bits per heavy atom. The van der Waals surface area contributed by atoms with E-state index in [2.05, 4.69) is 10.1 Å². The monoisotopic (exact) mass is 423 g/mol. The summed E-state index contributed by atoms with van der Waals surface area (Å²) in [4.78, 5) is 18.9. The van der Waals surface area contributed by atoms with Crippen molar-refractivity contribution < 1.29 is 27.6 Å². The fourth-order valence-electron chi connectivity index (χ4n) is 3.04. The molecule has 0 aliphatic heterocycles. The van der Waals surface area contributed by atoms with E-state index in [4.69, 9.17) is 22.8 Å². The molecule has 9 heteroatoms. The summed E-state index contributed by atoms with van der Waals surface area (Å²) in [6.07, 6.45) is 3.39. The van der Waals surface area contributed by atoms with Crippen LogP contribution in [0.15, 0.2) is 68.3 Å². The summed E-state index contributed by atoms with van der Waals surface area (Å²) in [5, 5.41) is 4.05. The lowest BCUT2D eigenvalue weighted by Crippen LogP contribution is -2.32. The van der Waals surface area contributed by atoms with Crippen molar-refractivity contribution in [1.82, 2.24) is 15.0 Å². The summed E-state index contributed by atoms with van der Waals surface area (Å²) >= 11 is 0. The predicted octanol–water partition coefficient (Wildman–Crippen LogP) is 3.82. The molecule has 3 aromatic heterocycles. The van der Waals surface area contributed by atoms with Crippen molar-refractivity contribution >= 4 is 5.91 Å². The van der Waals surface area contributed by atoms with Crippen molar-refractivity contribution in [2.24, 2.45) is 0 Å². The molecule has 4 aromatic rings. The van der Waals surface area contributed by atoms with Crippen molar-refractivity contribution in [3.63, 3.8) is 0 Å². The van der Waals surface area contributed by atoms with Gasteiger partial charge in [-0.2, -0.15) is 4.98 Å². The Morgan fingerprint density at radius 2 is 1.77 bits per heavy atom. The minimum atomic E-state index is -0.251. The summed E-state index contributed by atoms with van der Waals surface area (Å²) in [5.74, 6) is 2.70. The standard InChI is InChI=1S/C22H21N3O6/c1-27-17-11-15(12-18(13-17)28-2)21-23-20(31-24-21)7-8-25(14-16-5-3-9-29-16)22(26)19-6-4-10-30-19/h3-6,9-13H,7-8,14H2,1-2H3. The molecule has 0 spiro atoms. The Bertz CT molecular complexity index is 1100. The van der Waals surface area contributed by atoms with E-state index in [1.807, 2.05) is 6.07 Å². The molecular weight excluding hydrogens is 402 g/mol. The highest BCUT2D eigenvalue weighted by Crippen LogP contribution is 2.28. The molecule has 1 amide bonds. The van der Waals surface area contributed by atoms with E-state index in [-0.39, 0.29) is 11.7 Å². The van der Waals surface area contributed by atoms with Gasteiger partial charge in [-0.25, -0.2) is 0 Å². The van der Waals surface area contributed by atoms with Crippen LogP contribution in [-0.4, -0.2) is 41.7 Å². The van der Waals surface area contributed by atoms with Crippen LogP contribution >= 0.6 is 0 Å². The molecule has 0 unspecified atom stereocenters. The summed E-state index contributed by atoms with van der Waals surface area (Å²) < 4.78 is 26.6. The van der Waals surface area contributed by atoms with Gasteiger partial charge in [0.1, 0.15) is 17.3 Å². The first-order valence-corrected chi connectivity index (χ1v) is 9.57. The van der Waals surface area contributed by atoms with Crippen LogP contribution in [0.3, 0.4) is 0 Å². The summed E-state index contributed by atoms with van der Waals surface area (Å²) in [6.45, 7) is 0.629. The van der Waals surface area contributed by atoms with Crippen LogP contribution in [-0.2, 0) is 13.0 Å². The summed E-state index contributed by atoms with van der Waals surface area (Å²) in [7, 11) is 3.15. The van der Waals surface area contributed by atoms with Crippen LogP contribution in [0, 0.1) is 0 Å². The van der Waals surface area contributed by atoms with Gasteiger partial charge in [0.25, 0.3) is 5.91 Å². The molecule has 160 valence electrons. The van der Waals surface area contributed by atoms with Gasteiger partial charge in [0.2, 0.25) is 11.7 Å². The van der Waals surface area contributed by atoms with Gasteiger partial charge in [-0.3, -0.25) is 4.79 Å². The number of amides is 1. The highest BCUT2D eigenvalue weighted by molar-refractivity contribution is 5.91. The van der Waals surface area contributed by atoms with Gasteiger partial charge in [-0.1, -0.05) is 5.16 Å². The topological polar surface area (TPSA) is 104 Å². The molecule has 9 nitrogen and oxygen atoms in total. The molecule has 0 saturated heterocycles. The molecule has 31 heavy (non-hydrogen) atoms. The molecule has 1 aromatic carbocycles. The van der Waals surface area contributed by atoms with Gasteiger partial charge in [0.15, 0.2) is 5.76 Å². The fourth-order valence-corrected chi connectivity index (χ4v) is 3.04. The van der Waals surface area contributed by atoms with E-state index in [9.17, 15) is 4.79 Å². The van der Waals surface area contributed by atoms with Crippen LogP contribution in [0.25, 0.3) is 11.4 Å². The third kappa shape index (κ3) is 4.77. The minimum Gasteiger partial charge on any atom is -0.497 e. The molecule has 0 atom stereocenters. The number of methoxy groups -OCH3 is 2. The first-order valence-electron chi connectivity index (χ1n) is 9.57. The maximum atomic E-state index is 12.8. The number of benzene rings is 1. The number of carbonyl (C=O) groups is 1. The van der Waals surface area contributed by atoms with E-state index in [1.165, 1.54) is 6.26 Å². The molecule has 0 aliphatic carbocycles. The minimum absolute atomic E-state index is 0.251. The van der Waals surface area contributed by atoms with Crippen molar-refractivity contribution in [1.29, 1.82) is 0 Å². The van der Waals surface area contributed by atoms with Crippen molar-refractivity contribution in [2.75, 3.05) is 20.8 Å². The lowest BCUT2D eigenvalue weighted by molar-refractivity contribution is 0.0697. The summed E-state index contributed by atoms with van der Waals surface area (Å²) in [5.41, 5.74) is 0.699. The Morgan fingerprint density at radius 3 is 2.42 bits per heavy atom. The molecule has 0 saturated carbocycles. The largest absolute Gasteiger partial charge is 0.497 e. The highest BCUT2D eigenvalue weighted by atomic mass is 16.5.